The zero-order valence-electron chi connectivity index (χ0n) is 17.2. The monoisotopic (exact) mass is 437 g/mol. The van der Waals surface area contributed by atoms with Gasteiger partial charge in [-0.1, -0.05) is 24.3 Å². The number of Topliss-reactive ketones (excluding diaryl/α,β-unsaturated/α-hetero) is 1. The van der Waals surface area contributed by atoms with Crippen molar-refractivity contribution >= 4 is 17.1 Å². The molecule has 0 amide bonds. The van der Waals surface area contributed by atoms with Gasteiger partial charge in [-0.05, 0) is 55.0 Å². The highest BCUT2D eigenvalue weighted by Gasteiger charge is 2.31. The number of pyridine rings is 1. The molecule has 2 heterocycles. The summed E-state index contributed by atoms with van der Waals surface area (Å²) in [7, 11) is 1.51. The molecule has 2 aromatic heterocycles. The average molecular weight is 437 g/mol. The lowest BCUT2D eigenvalue weighted by Crippen LogP contribution is -2.08. The Labute approximate surface area is 181 Å². The number of ether oxygens (including phenoxy) is 1. The third-order valence-electron chi connectivity index (χ3n) is 5.29. The van der Waals surface area contributed by atoms with Crippen LogP contribution in [0.5, 0.6) is 5.75 Å². The van der Waals surface area contributed by atoms with Gasteiger partial charge in [0, 0.05) is 22.9 Å². The molecule has 0 N–H and O–H groups in total. The SMILES string of the molecule is COc1ccc(C(=O)c2cc(-c3ccc(C(C)=O)cc3)c3cc(C(F)(F)F)ccn23)cc1. The van der Waals surface area contributed by atoms with Gasteiger partial charge in [0.1, 0.15) is 5.75 Å². The number of carbonyl (C=O) groups excluding carboxylic acids is 2. The van der Waals surface area contributed by atoms with Crippen molar-refractivity contribution in [3.8, 4) is 16.9 Å². The molecule has 0 saturated heterocycles. The topological polar surface area (TPSA) is 47.8 Å². The Balaban J connectivity index is 1.90. The van der Waals surface area contributed by atoms with E-state index in [1.165, 1.54) is 24.6 Å². The van der Waals surface area contributed by atoms with E-state index in [4.69, 9.17) is 4.74 Å². The normalized spacial score (nSPS) is 11.5. The maximum absolute atomic E-state index is 13.4. The number of ketones is 2. The quantitative estimate of drug-likeness (QED) is 0.356. The van der Waals surface area contributed by atoms with E-state index in [1.54, 1.807) is 54.6 Å². The molecule has 32 heavy (non-hydrogen) atoms. The molecule has 0 aliphatic heterocycles. The maximum atomic E-state index is 13.4. The summed E-state index contributed by atoms with van der Waals surface area (Å²) in [4.78, 5) is 24.8. The molecule has 0 spiro atoms. The van der Waals surface area contributed by atoms with Crippen molar-refractivity contribution in [3.63, 3.8) is 0 Å². The van der Waals surface area contributed by atoms with Gasteiger partial charge < -0.3 is 9.14 Å². The number of rotatable bonds is 5. The van der Waals surface area contributed by atoms with Crippen molar-refractivity contribution in [1.29, 1.82) is 0 Å². The van der Waals surface area contributed by atoms with E-state index in [0.29, 0.717) is 28.0 Å². The van der Waals surface area contributed by atoms with Crippen LogP contribution in [0.1, 0.15) is 38.9 Å². The van der Waals surface area contributed by atoms with Gasteiger partial charge in [0.25, 0.3) is 0 Å². The number of carbonyl (C=O) groups is 2. The number of nitrogens with zero attached hydrogens (tertiary/aromatic N) is 1. The minimum atomic E-state index is -4.53. The van der Waals surface area contributed by atoms with Crippen molar-refractivity contribution in [2.24, 2.45) is 0 Å². The van der Waals surface area contributed by atoms with Gasteiger partial charge in [0.05, 0.1) is 23.9 Å². The van der Waals surface area contributed by atoms with E-state index < -0.39 is 11.7 Å². The number of fused-ring (bicyclic) bond motifs is 1. The molecule has 0 aliphatic carbocycles. The molecule has 4 nitrogen and oxygen atoms in total. The van der Waals surface area contributed by atoms with E-state index >= 15 is 0 Å². The Morgan fingerprint density at radius 2 is 1.50 bits per heavy atom. The molecular formula is C25H18F3NO3. The summed E-state index contributed by atoms with van der Waals surface area (Å²) in [5, 5.41) is 0. The number of halogens is 3. The first-order valence-electron chi connectivity index (χ1n) is 9.71. The van der Waals surface area contributed by atoms with E-state index in [-0.39, 0.29) is 22.8 Å². The van der Waals surface area contributed by atoms with Crippen LogP contribution in [0.2, 0.25) is 0 Å². The Morgan fingerprint density at radius 3 is 2.06 bits per heavy atom. The summed E-state index contributed by atoms with van der Waals surface area (Å²) in [5.41, 5.74) is 1.58. The predicted octanol–water partition coefficient (Wildman–Crippen LogP) is 6.07. The summed E-state index contributed by atoms with van der Waals surface area (Å²) in [6.07, 6.45) is -3.27. The fraction of sp³-hybridized carbons (Fsp3) is 0.120. The van der Waals surface area contributed by atoms with Gasteiger partial charge in [0.2, 0.25) is 5.78 Å². The highest BCUT2D eigenvalue weighted by molar-refractivity contribution is 6.10. The molecule has 4 aromatic rings. The van der Waals surface area contributed by atoms with Crippen LogP contribution in [0.3, 0.4) is 0 Å². The second kappa shape index (κ2) is 8.00. The molecule has 0 aliphatic rings. The number of methoxy groups -OCH3 is 1. The summed E-state index contributed by atoms with van der Waals surface area (Å²) in [6, 6.07) is 16.6. The minimum absolute atomic E-state index is 0.118. The van der Waals surface area contributed by atoms with Crippen LogP contribution in [-0.2, 0) is 6.18 Å². The van der Waals surface area contributed by atoms with Gasteiger partial charge in [-0.2, -0.15) is 13.2 Å². The van der Waals surface area contributed by atoms with Crippen LogP contribution in [-0.4, -0.2) is 23.1 Å². The highest BCUT2D eigenvalue weighted by Crippen LogP contribution is 2.35. The average Bonchev–Trinajstić information content (AvgIpc) is 3.17. The molecule has 0 atom stereocenters. The molecule has 0 fully saturated rings. The molecule has 2 aromatic carbocycles. The van der Waals surface area contributed by atoms with Crippen molar-refractivity contribution < 1.29 is 27.5 Å². The standard InChI is InChI=1S/C25H18F3NO3/c1-15(30)16-3-5-17(6-4-16)21-14-23(24(31)18-7-9-20(32-2)10-8-18)29-12-11-19(13-22(21)29)25(26,27)28/h3-14H,1-2H3. The van der Waals surface area contributed by atoms with Crippen LogP contribution >= 0.6 is 0 Å². The molecule has 0 unspecified atom stereocenters. The molecule has 0 saturated carbocycles. The molecule has 162 valence electrons. The summed E-state index contributed by atoms with van der Waals surface area (Å²) >= 11 is 0. The third kappa shape index (κ3) is 3.89. The van der Waals surface area contributed by atoms with E-state index in [0.717, 1.165) is 12.1 Å². The van der Waals surface area contributed by atoms with Crippen LogP contribution in [0.4, 0.5) is 13.2 Å². The Bertz CT molecular complexity index is 1320. The lowest BCUT2D eigenvalue weighted by atomic mass is 10.0. The molecule has 0 bridgehead atoms. The zero-order chi connectivity index (χ0) is 23.0. The molecule has 4 rings (SSSR count). The largest absolute Gasteiger partial charge is 0.497 e. The third-order valence-corrected chi connectivity index (χ3v) is 5.29. The van der Waals surface area contributed by atoms with Crippen LogP contribution in [0, 0.1) is 0 Å². The van der Waals surface area contributed by atoms with E-state index in [2.05, 4.69) is 0 Å². The molecular weight excluding hydrogens is 419 g/mol. The van der Waals surface area contributed by atoms with Crippen molar-refractivity contribution in [1.82, 2.24) is 4.40 Å². The van der Waals surface area contributed by atoms with Crippen LogP contribution in [0.15, 0.2) is 72.9 Å². The van der Waals surface area contributed by atoms with Crippen LogP contribution < -0.4 is 4.74 Å². The Morgan fingerprint density at radius 1 is 0.875 bits per heavy atom. The van der Waals surface area contributed by atoms with Gasteiger partial charge in [-0.15, -0.1) is 0 Å². The summed E-state index contributed by atoms with van der Waals surface area (Å²) in [6.45, 7) is 1.43. The van der Waals surface area contributed by atoms with Gasteiger partial charge in [0.15, 0.2) is 5.78 Å². The number of hydrogen-bond donors (Lipinski definition) is 0. The lowest BCUT2D eigenvalue weighted by molar-refractivity contribution is -0.137. The van der Waals surface area contributed by atoms with Gasteiger partial charge in [-0.25, -0.2) is 0 Å². The predicted molar refractivity (Wildman–Crippen MR) is 114 cm³/mol. The fourth-order valence-electron chi connectivity index (χ4n) is 3.56. The van der Waals surface area contributed by atoms with Gasteiger partial charge in [-0.3, -0.25) is 9.59 Å². The second-order valence-electron chi connectivity index (χ2n) is 7.30. The second-order valence-corrected chi connectivity index (χ2v) is 7.30. The molecule has 0 radical (unpaired) electrons. The zero-order valence-corrected chi connectivity index (χ0v) is 17.2. The maximum Gasteiger partial charge on any atom is 0.416 e. The van der Waals surface area contributed by atoms with Gasteiger partial charge >= 0.3 is 6.18 Å². The smallest absolute Gasteiger partial charge is 0.416 e. The number of alkyl halides is 3. The van der Waals surface area contributed by atoms with Crippen LogP contribution in [0.25, 0.3) is 16.6 Å². The fourth-order valence-corrected chi connectivity index (χ4v) is 3.56. The highest BCUT2D eigenvalue weighted by atomic mass is 19.4. The number of aromatic nitrogens is 1. The minimum Gasteiger partial charge on any atom is -0.497 e. The van der Waals surface area contributed by atoms with Crippen molar-refractivity contribution in [2.75, 3.05) is 7.11 Å². The first-order chi connectivity index (χ1) is 15.2. The van der Waals surface area contributed by atoms with Crippen molar-refractivity contribution in [3.05, 3.63) is 95.3 Å². The number of hydrogen-bond acceptors (Lipinski definition) is 3. The number of benzene rings is 2. The first kappa shape index (κ1) is 21.4. The Hall–Kier alpha value is -3.87. The lowest BCUT2D eigenvalue weighted by Gasteiger charge is -2.09. The Kier molecular flexibility index (Phi) is 5.34. The molecule has 7 heteroatoms. The summed E-state index contributed by atoms with van der Waals surface area (Å²) < 4.78 is 46.7. The van der Waals surface area contributed by atoms with Crippen molar-refractivity contribution in [2.45, 2.75) is 13.1 Å². The first-order valence-corrected chi connectivity index (χ1v) is 9.71. The van der Waals surface area contributed by atoms with E-state index in [1.807, 2.05) is 0 Å². The summed E-state index contributed by atoms with van der Waals surface area (Å²) in [5.74, 6) is 0.129. The van der Waals surface area contributed by atoms with E-state index in [9.17, 15) is 22.8 Å².